The normalized spacial score (nSPS) is 10.0. The average Bonchev–Trinajstić information content (AvgIpc) is 2.72. The van der Waals surface area contributed by atoms with Gasteiger partial charge in [-0.3, -0.25) is 30.7 Å². The standard InChI is InChI=1S/C17H15N7O4/c25-14(10-28-13-4-2-1-3-5-13)22-23-17-15(24(26)27)16(19-11-20-17)21-12-6-8-18-9-7-12/h1-9,11H,10H2,(H,22,25)(H2,18,19,20,21,23). The molecule has 0 spiro atoms. The van der Waals surface area contributed by atoms with E-state index in [9.17, 15) is 14.9 Å². The van der Waals surface area contributed by atoms with Gasteiger partial charge >= 0.3 is 5.69 Å². The van der Waals surface area contributed by atoms with Gasteiger partial charge < -0.3 is 10.1 Å². The van der Waals surface area contributed by atoms with Crippen LogP contribution in [0.1, 0.15) is 0 Å². The number of anilines is 3. The molecular formula is C17H15N7O4. The summed E-state index contributed by atoms with van der Waals surface area (Å²) in [7, 11) is 0. The molecule has 0 unspecified atom stereocenters. The summed E-state index contributed by atoms with van der Waals surface area (Å²) in [6.07, 6.45) is 4.19. The first-order valence-corrected chi connectivity index (χ1v) is 8.02. The van der Waals surface area contributed by atoms with Crippen LogP contribution in [0.4, 0.5) is 23.0 Å². The second-order valence-electron chi connectivity index (χ2n) is 5.31. The molecule has 2 heterocycles. The van der Waals surface area contributed by atoms with Gasteiger partial charge in [-0.05, 0) is 24.3 Å². The minimum atomic E-state index is -0.654. The fourth-order valence-corrected chi connectivity index (χ4v) is 2.14. The van der Waals surface area contributed by atoms with E-state index in [1.54, 1.807) is 36.4 Å². The topological polar surface area (TPSA) is 144 Å². The molecule has 0 aliphatic heterocycles. The molecule has 1 aromatic carbocycles. The molecule has 0 fully saturated rings. The Morgan fingerprint density at radius 3 is 2.50 bits per heavy atom. The van der Waals surface area contributed by atoms with Crippen LogP contribution in [0.2, 0.25) is 0 Å². The molecule has 0 saturated carbocycles. The lowest BCUT2D eigenvalue weighted by atomic mass is 10.3. The molecule has 1 amide bonds. The van der Waals surface area contributed by atoms with Crippen molar-refractivity contribution in [1.29, 1.82) is 0 Å². The van der Waals surface area contributed by atoms with Crippen molar-refractivity contribution in [1.82, 2.24) is 20.4 Å². The van der Waals surface area contributed by atoms with E-state index < -0.39 is 16.5 Å². The molecule has 0 atom stereocenters. The first-order valence-electron chi connectivity index (χ1n) is 8.02. The summed E-state index contributed by atoms with van der Waals surface area (Å²) in [6, 6.07) is 12.0. The number of hydrogen-bond donors (Lipinski definition) is 3. The third kappa shape index (κ3) is 4.88. The zero-order valence-electron chi connectivity index (χ0n) is 14.4. The Kier molecular flexibility index (Phi) is 5.88. The first-order chi connectivity index (χ1) is 13.6. The van der Waals surface area contributed by atoms with Gasteiger partial charge in [0.1, 0.15) is 12.1 Å². The van der Waals surface area contributed by atoms with Crippen molar-refractivity contribution in [3.8, 4) is 5.75 Å². The number of carbonyl (C=O) groups excluding carboxylic acids is 1. The fourth-order valence-electron chi connectivity index (χ4n) is 2.14. The number of hydrogen-bond acceptors (Lipinski definition) is 9. The van der Waals surface area contributed by atoms with Gasteiger partial charge in [0, 0.05) is 18.1 Å². The van der Waals surface area contributed by atoms with E-state index >= 15 is 0 Å². The number of nitrogens with zero attached hydrogens (tertiary/aromatic N) is 4. The molecule has 3 rings (SSSR count). The number of para-hydroxylation sites is 1. The summed E-state index contributed by atoms with van der Waals surface area (Å²) in [5, 5.41) is 14.3. The van der Waals surface area contributed by atoms with Crippen LogP contribution in [0.25, 0.3) is 0 Å². The highest BCUT2D eigenvalue weighted by atomic mass is 16.6. The number of rotatable bonds is 8. The van der Waals surface area contributed by atoms with E-state index in [2.05, 4.69) is 31.1 Å². The maximum absolute atomic E-state index is 11.9. The molecule has 0 radical (unpaired) electrons. The molecule has 142 valence electrons. The highest BCUT2D eigenvalue weighted by molar-refractivity contribution is 5.80. The Hall–Kier alpha value is -4.28. The van der Waals surface area contributed by atoms with Crippen LogP contribution < -0.4 is 20.9 Å². The molecule has 0 aliphatic rings. The maximum atomic E-state index is 11.9. The third-order valence-electron chi connectivity index (χ3n) is 3.38. The Balaban J connectivity index is 1.66. The van der Waals surface area contributed by atoms with Crippen molar-refractivity contribution < 1.29 is 14.5 Å². The fraction of sp³-hybridized carbons (Fsp3) is 0.0588. The zero-order chi connectivity index (χ0) is 19.8. The van der Waals surface area contributed by atoms with Crippen LogP contribution in [0.3, 0.4) is 0 Å². The van der Waals surface area contributed by atoms with Crippen molar-refractivity contribution in [2.45, 2.75) is 0 Å². The molecule has 0 bridgehead atoms. The van der Waals surface area contributed by atoms with E-state index in [-0.39, 0.29) is 18.2 Å². The van der Waals surface area contributed by atoms with Gasteiger partial charge in [0.2, 0.25) is 11.6 Å². The average molecular weight is 381 g/mol. The summed E-state index contributed by atoms with van der Waals surface area (Å²) in [4.78, 5) is 34.3. The number of carbonyl (C=O) groups is 1. The molecule has 2 aromatic heterocycles. The zero-order valence-corrected chi connectivity index (χ0v) is 14.4. The van der Waals surface area contributed by atoms with Crippen molar-refractivity contribution in [3.63, 3.8) is 0 Å². The van der Waals surface area contributed by atoms with E-state index in [1.807, 2.05) is 6.07 Å². The molecule has 28 heavy (non-hydrogen) atoms. The smallest absolute Gasteiger partial charge is 0.355 e. The van der Waals surface area contributed by atoms with Crippen LogP contribution in [0.15, 0.2) is 61.2 Å². The number of aromatic nitrogens is 3. The van der Waals surface area contributed by atoms with Crippen molar-refractivity contribution in [2.75, 3.05) is 17.3 Å². The number of amides is 1. The SMILES string of the molecule is O=C(COc1ccccc1)NNc1ncnc(Nc2ccncc2)c1[N+](=O)[O-]. The Labute approximate surface area is 158 Å². The Morgan fingerprint density at radius 1 is 1.07 bits per heavy atom. The summed E-state index contributed by atoms with van der Waals surface area (Å²) < 4.78 is 5.30. The summed E-state index contributed by atoms with van der Waals surface area (Å²) in [5.74, 6) is -0.233. The lowest BCUT2D eigenvalue weighted by Gasteiger charge is -2.11. The number of ether oxygens (including phenoxy) is 1. The molecule has 3 N–H and O–H groups in total. The van der Waals surface area contributed by atoms with Crippen LogP contribution in [0.5, 0.6) is 5.75 Å². The predicted octanol–water partition coefficient (Wildman–Crippen LogP) is 2.05. The monoisotopic (exact) mass is 381 g/mol. The number of hydrazine groups is 1. The number of benzene rings is 1. The highest BCUT2D eigenvalue weighted by Crippen LogP contribution is 2.30. The number of nitro groups is 1. The molecule has 0 aliphatic carbocycles. The summed E-state index contributed by atoms with van der Waals surface area (Å²) >= 11 is 0. The van der Waals surface area contributed by atoms with Crippen molar-refractivity contribution in [3.05, 3.63) is 71.3 Å². The molecule has 3 aromatic rings. The van der Waals surface area contributed by atoms with Gasteiger partial charge in [0.15, 0.2) is 6.61 Å². The maximum Gasteiger partial charge on any atom is 0.355 e. The largest absolute Gasteiger partial charge is 0.484 e. The second-order valence-corrected chi connectivity index (χ2v) is 5.31. The van der Waals surface area contributed by atoms with Crippen molar-refractivity contribution >= 4 is 28.9 Å². The molecule has 11 heteroatoms. The first kappa shape index (κ1) is 18.5. The summed E-state index contributed by atoms with van der Waals surface area (Å²) in [6.45, 7) is -0.280. The van der Waals surface area contributed by atoms with E-state index in [1.165, 1.54) is 12.4 Å². The lowest BCUT2D eigenvalue weighted by Crippen LogP contribution is -2.34. The number of pyridine rings is 1. The van der Waals surface area contributed by atoms with Gasteiger partial charge in [-0.25, -0.2) is 9.97 Å². The van der Waals surface area contributed by atoms with E-state index in [0.29, 0.717) is 11.4 Å². The number of nitrogens with one attached hydrogen (secondary N) is 3. The van der Waals surface area contributed by atoms with Crippen LogP contribution in [-0.2, 0) is 4.79 Å². The third-order valence-corrected chi connectivity index (χ3v) is 3.38. The minimum absolute atomic E-state index is 0.0384. The highest BCUT2D eigenvalue weighted by Gasteiger charge is 2.23. The van der Waals surface area contributed by atoms with Crippen molar-refractivity contribution in [2.24, 2.45) is 0 Å². The Morgan fingerprint density at radius 2 is 1.79 bits per heavy atom. The van der Waals surface area contributed by atoms with Gasteiger partial charge in [0.05, 0.1) is 4.92 Å². The predicted molar refractivity (Wildman–Crippen MR) is 99.9 cm³/mol. The quantitative estimate of drug-likeness (QED) is 0.394. The van der Waals surface area contributed by atoms with Crippen LogP contribution >= 0.6 is 0 Å². The Bertz CT molecular complexity index is 954. The second kappa shape index (κ2) is 8.89. The van der Waals surface area contributed by atoms with E-state index in [0.717, 1.165) is 6.33 Å². The van der Waals surface area contributed by atoms with Gasteiger partial charge in [-0.2, -0.15) is 0 Å². The van der Waals surface area contributed by atoms with Gasteiger partial charge in [-0.1, -0.05) is 18.2 Å². The van der Waals surface area contributed by atoms with Crippen LogP contribution in [0, 0.1) is 10.1 Å². The lowest BCUT2D eigenvalue weighted by molar-refractivity contribution is -0.383. The molecule has 11 nitrogen and oxygen atoms in total. The minimum Gasteiger partial charge on any atom is -0.484 e. The van der Waals surface area contributed by atoms with Gasteiger partial charge in [0.25, 0.3) is 5.91 Å². The molecule has 0 saturated heterocycles. The van der Waals surface area contributed by atoms with Gasteiger partial charge in [-0.15, -0.1) is 0 Å². The van der Waals surface area contributed by atoms with Crippen LogP contribution in [-0.4, -0.2) is 32.4 Å². The van der Waals surface area contributed by atoms with E-state index in [4.69, 9.17) is 4.74 Å². The summed E-state index contributed by atoms with van der Waals surface area (Å²) in [5.41, 5.74) is 4.87. The molecular weight excluding hydrogens is 366 g/mol.